The van der Waals surface area contributed by atoms with Crippen LogP contribution in [0.15, 0.2) is 53.4 Å². The highest BCUT2D eigenvalue weighted by Gasteiger charge is 2.24. The Morgan fingerprint density at radius 2 is 1.96 bits per heavy atom. The molecule has 2 aromatic carbocycles. The fraction of sp³-hybridized carbons (Fsp3) is 0.222. The van der Waals surface area contributed by atoms with Crippen LogP contribution in [0.5, 0.6) is 0 Å². The molecule has 1 heterocycles. The molecule has 3 rings (SSSR count). The van der Waals surface area contributed by atoms with Gasteiger partial charge in [-0.25, -0.2) is 0 Å². The number of hydrogen-bond acceptors (Lipinski definition) is 3. The molecule has 0 spiro atoms. The van der Waals surface area contributed by atoms with E-state index in [1.54, 1.807) is 18.0 Å². The van der Waals surface area contributed by atoms with Crippen molar-refractivity contribution in [2.75, 3.05) is 12.4 Å². The summed E-state index contributed by atoms with van der Waals surface area (Å²) in [5.74, 6) is -0.0840. The Morgan fingerprint density at radius 3 is 2.70 bits per heavy atom. The van der Waals surface area contributed by atoms with E-state index < -0.39 is 0 Å². The molecule has 2 aromatic rings. The normalized spacial score (nSPS) is 16.4. The number of hydrogen-bond donors (Lipinski definition) is 1. The number of nitrogens with zero attached hydrogens (tertiary/aromatic N) is 1. The van der Waals surface area contributed by atoms with Crippen molar-refractivity contribution in [2.24, 2.45) is 0 Å². The van der Waals surface area contributed by atoms with Gasteiger partial charge in [-0.15, -0.1) is 11.8 Å². The lowest BCUT2D eigenvalue weighted by atomic mass is 10.1. The first kappa shape index (κ1) is 15.6. The average molecular weight is 326 g/mol. The van der Waals surface area contributed by atoms with Crippen LogP contribution in [0, 0.1) is 0 Å². The highest BCUT2D eigenvalue weighted by atomic mass is 32.2. The van der Waals surface area contributed by atoms with Crippen LogP contribution in [0.4, 0.5) is 5.69 Å². The zero-order valence-electron chi connectivity index (χ0n) is 13.1. The maximum absolute atomic E-state index is 12.6. The third-order valence-electron chi connectivity index (χ3n) is 3.77. The second kappa shape index (κ2) is 6.46. The topological polar surface area (TPSA) is 49.4 Å². The standard InChI is InChI=1S/C18H18N2O2S/c1-12-17(21)19-15-10-14(8-9-16(15)23-12)18(22)20(2)11-13-6-4-3-5-7-13/h3-10,12H,11H2,1-2H3,(H,19,21). The van der Waals surface area contributed by atoms with Gasteiger partial charge in [-0.1, -0.05) is 30.3 Å². The van der Waals surface area contributed by atoms with Crippen LogP contribution in [0.2, 0.25) is 0 Å². The molecule has 0 aromatic heterocycles. The van der Waals surface area contributed by atoms with E-state index in [9.17, 15) is 9.59 Å². The number of fused-ring (bicyclic) bond motifs is 1. The van der Waals surface area contributed by atoms with E-state index in [2.05, 4.69) is 5.32 Å². The van der Waals surface area contributed by atoms with Gasteiger partial charge in [0.15, 0.2) is 0 Å². The van der Waals surface area contributed by atoms with Crippen molar-refractivity contribution in [1.29, 1.82) is 0 Å². The first-order valence-electron chi connectivity index (χ1n) is 7.45. The highest BCUT2D eigenvalue weighted by molar-refractivity contribution is 8.00. The van der Waals surface area contributed by atoms with Gasteiger partial charge < -0.3 is 10.2 Å². The van der Waals surface area contributed by atoms with E-state index in [1.165, 1.54) is 11.8 Å². The summed E-state index contributed by atoms with van der Waals surface area (Å²) in [4.78, 5) is 27.1. The summed E-state index contributed by atoms with van der Waals surface area (Å²) in [6.07, 6.45) is 0. The van der Waals surface area contributed by atoms with Crippen molar-refractivity contribution in [2.45, 2.75) is 23.6 Å². The number of amides is 2. The molecule has 0 saturated carbocycles. The Balaban J connectivity index is 1.78. The molecule has 1 aliphatic heterocycles. The van der Waals surface area contributed by atoms with Crippen LogP contribution in [-0.2, 0) is 11.3 Å². The van der Waals surface area contributed by atoms with Crippen LogP contribution in [0.1, 0.15) is 22.8 Å². The lowest BCUT2D eigenvalue weighted by Crippen LogP contribution is -2.28. The van der Waals surface area contributed by atoms with E-state index in [1.807, 2.05) is 49.4 Å². The zero-order chi connectivity index (χ0) is 16.4. The summed E-state index contributed by atoms with van der Waals surface area (Å²) in [6, 6.07) is 15.3. The minimum atomic E-state index is -0.107. The van der Waals surface area contributed by atoms with Gasteiger partial charge in [-0.05, 0) is 30.7 Å². The fourth-order valence-corrected chi connectivity index (χ4v) is 3.42. The van der Waals surface area contributed by atoms with E-state index in [4.69, 9.17) is 0 Å². The Labute approximate surface area is 139 Å². The summed E-state index contributed by atoms with van der Waals surface area (Å²) in [6.45, 7) is 2.42. The maximum atomic E-state index is 12.6. The summed E-state index contributed by atoms with van der Waals surface area (Å²) in [5.41, 5.74) is 2.38. The molecule has 0 radical (unpaired) electrons. The molecule has 1 N–H and O–H groups in total. The van der Waals surface area contributed by atoms with Gasteiger partial charge in [0.25, 0.3) is 5.91 Å². The van der Waals surface area contributed by atoms with Crippen molar-refractivity contribution < 1.29 is 9.59 Å². The molecule has 0 saturated heterocycles. The van der Waals surface area contributed by atoms with E-state index in [0.29, 0.717) is 12.1 Å². The van der Waals surface area contributed by atoms with Gasteiger partial charge in [0.05, 0.1) is 10.9 Å². The monoisotopic (exact) mass is 326 g/mol. The molecule has 1 aliphatic rings. The predicted molar refractivity (Wildman–Crippen MR) is 92.6 cm³/mol. The average Bonchev–Trinajstić information content (AvgIpc) is 2.55. The minimum Gasteiger partial charge on any atom is -0.337 e. The van der Waals surface area contributed by atoms with E-state index >= 15 is 0 Å². The van der Waals surface area contributed by atoms with Gasteiger partial charge in [0.1, 0.15) is 0 Å². The molecule has 1 atom stereocenters. The second-order valence-corrected chi connectivity index (χ2v) is 6.99. The largest absolute Gasteiger partial charge is 0.337 e. The minimum absolute atomic E-state index is 0.0234. The Morgan fingerprint density at radius 1 is 1.22 bits per heavy atom. The Kier molecular flexibility index (Phi) is 4.39. The summed E-state index contributed by atoms with van der Waals surface area (Å²) < 4.78 is 0. The van der Waals surface area contributed by atoms with Crippen LogP contribution >= 0.6 is 11.8 Å². The molecular weight excluding hydrogens is 308 g/mol. The number of anilines is 1. The van der Waals surface area contributed by atoms with E-state index in [0.717, 1.165) is 16.1 Å². The lowest BCUT2D eigenvalue weighted by Gasteiger charge is -2.23. The first-order chi connectivity index (χ1) is 11.0. The van der Waals surface area contributed by atoms with Gasteiger partial charge in [0.2, 0.25) is 5.91 Å². The van der Waals surface area contributed by atoms with Crippen LogP contribution in [-0.4, -0.2) is 29.0 Å². The number of carbonyl (C=O) groups is 2. The van der Waals surface area contributed by atoms with Gasteiger partial charge in [-0.3, -0.25) is 9.59 Å². The summed E-state index contributed by atoms with van der Waals surface area (Å²) in [7, 11) is 1.78. The summed E-state index contributed by atoms with van der Waals surface area (Å²) >= 11 is 1.51. The molecule has 5 heteroatoms. The number of rotatable bonds is 3. The van der Waals surface area contributed by atoms with Crippen LogP contribution in [0.3, 0.4) is 0 Å². The fourth-order valence-electron chi connectivity index (χ4n) is 2.49. The van der Waals surface area contributed by atoms with Crippen molar-refractivity contribution >= 4 is 29.3 Å². The molecule has 4 nitrogen and oxygen atoms in total. The molecule has 0 bridgehead atoms. The maximum Gasteiger partial charge on any atom is 0.253 e. The smallest absolute Gasteiger partial charge is 0.253 e. The van der Waals surface area contributed by atoms with Gasteiger partial charge >= 0.3 is 0 Å². The first-order valence-corrected chi connectivity index (χ1v) is 8.33. The number of nitrogens with one attached hydrogen (secondary N) is 1. The van der Waals surface area contributed by atoms with Gasteiger partial charge in [-0.2, -0.15) is 0 Å². The molecule has 0 fully saturated rings. The highest BCUT2D eigenvalue weighted by Crippen LogP contribution is 2.36. The molecular formula is C18H18N2O2S. The van der Waals surface area contributed by atoms with Crippen molar-refractivity contribution in [3.05, 3.63) is 59.7 Å². The third-order valence-corrected chi connectivity index (χ3v) is 4.94. The zero-order valence-corrected chi connectivity index (χ0v) is 13.9. The van der Waals surface area contributed by atoms with Crippen LogP contribution < -0.4 is 5.32 Å². The van der Waals surface area contributed by atoms with Gasteiger partial charge in [0, 0.05) is 24.1 Å². The van der Waals surface area contributed by atoms with Crippen LogP contribution in [0.25, 0.3) is 0 Å². The van der Waals surface area contributed by atoms with E-state index in [-0.39, 0.29) is 17.1 Å². The van der Waals surface area contributed by atoms with Crippen molar-refractivity contribution in [3.63, 3.8) is 0 Å². The second-order valence-electron chi connectivity index (χ2n) is 5.61. The quantitative estimate of drug-likeness (QED) is 0.940. The number of carbonyl (C=O) groups excluding carboxylic acids is 2. The van der Waals surface area contributed by atoms with Crippen molar-refractivity contribution in [1.82, 2.24) is 4.90 Å². The summed E-state index contributed by atoms with van der Waals surface area (Å²) in [5, 5.41) is 2.76. The third kappa shape index (κ3) is 3.40. The Bertz CT molecular complexity index is 746. The molecule has 2 amide bonds. The number of benzene rings is 2. The SMILES string of the molecule is CC1Sc2ccc(C(=O)N(C)Cc3ccccc3)cc2NC1=O. The molecule has 23 heavy (non-hydrogen) atoms. The number of thioether (sulfide) groups is 1. The molecule has 0 aliphatic carbocycles. The lowest BCUT2D eigenvalue weighted by molar-refractivity contribution is -0.115. The predicted octanol–water partition coefficient (Wildman–Crippen LogP) is 3.39. The molecule has 1 unspecified atom stereocenters. The molecule has 118 valence electrons. The Hall–Kier alpha value is -2.27. The van der Waals surface area contributed by atoms with Crippen molar-refractivity contribution in [3.8, 4) is 0 Å².